The topological polar surface area (TPSA) is 46.5 Å². The molecule has 2 saturated heterocycles. The third-order valence-corrected chi connectivity index (χ3v) is 4.98. The lowest BCUT2D eigenvalue weighted by Crippen LogP contribution is -2.50. The number of hydrogen-bond donors (Lipinski definition) is 1. The zero-order chi connectivity index (χ0) is 16.4. The van der Waals surface area contributed by atoms with Crippen LogP contribution in [0.4, 0.5) is 0 Å². The van der Waals surface area contributed by atoms with Crippen molar-refractivity contribution in [1.82, 2.24) is 14.8 Å². The lowest BCUT2D eigenvalue weighted by atomic mass is 10.1. The van der Waals surface area contributed by atoms with Crippen LogP contribution in [-0.2, 0) is 4.74 Å². The van der Waals surface area contributed by atoms with Crippen LogP contribution in [0.2, 0.25) is 0 Å². The number of ether oxygens (including phenoxy) is 1. The molecule has 2 aliphatic rings. The maximum absolute atomic E-state index is 12.3. The summed E-state index contributed by atoms with van der Waals surface area (Å²) in [4.78, 5) is 14.8. The third kappa shape index (κ3) is 3.23. The van der Waals surface area contributed by atoms with E-state index in [4.69, 9.17) is 4.74 Å². The van der Waals surface area contributed by atoms with Gasteiger partial charge in [0.2, 0.25) is 0 Å². The van der Waals surface area contributed by atoms with E-state index in [1.54, 1.807) is 0 Å². The molecule has 1 N–H and O–H groups in total. The van der Waals surface area contributed by atoms with Crippen molar-refractivity contribution in [1.29, 1.82) is 0 Å². The smallest absolute Gasteiger partial charge is 0.251 e. The highest BCUT2D eigenvalue weighted by Gasteiger charge is 2.32. The molecule has 126 valence electrons. The lowest BCUT2D eigenvalue weighted by molar-refractivity contribution is -0.0461. The van der Waals surface area contributed by atoms with E-state index in [9.17, 15) is 4.79 Å². The first-order valence-corrected chi connectivity index (χ1v) is 8.67. The van der Waals surface area contributed by atoms with Crippen LogP contribution in [0.15, 0.2) is 48.8 Å². The predicted octanol–water partition coefficient (Wildman–Crippen LogP) is 2.07. The van der Waals surface area contributed by atoms with Crippen molar-refractivity contribution in [3.8, 4) is 5.69 Å². The number of rotatable bonds is 4. The van der Waals surface area contributed by atoms with Crippen molar-refractivity contribution in [3.05, 3.63) is 54.4 Å². The number of carbonyl (C=O) groups excluding carboxylic acids is 1. The number of fused-ring (bicyclic) bond motifs is 1. The molecule has 0 radical (unpaired) electrons. The molecule has 2 fully saturated rings. The van der Waals surface area contributed by atoms with Gasteiger partial charge in [-0.05, 0) is 55.8 Å². The summed E-state index contributed by atoms with van der Waals surface area (Å²) in [5.41, 5.74) is 1.73. The maximum Gasteiger partial charge on any atom is 0.251 e. The molecule has 0 spiro atoms. The minimum atomic E-state index is -0.0406. The van der Waals surface area contributed by atoms with E-state index in [-0.39, 0.29) is 12.0 Å². The van der Waals surface area contributed by atoms with Crippen LogP contribution in [-0.4, -0.2) is 53.8 Å². The zero-order valence-corrected chi connectivity index (χ0v) is 13.7. The second-order valence-electron chi connectivity index (χ2n) is 6.59. The Morgan fingerprint density at radius 1 is 1.21 bits per heavy atom. The van der Waals surface area contributed by atoms with E-state index < -0.39 is 0 Å². The van der Waals surface area contributed by atoms with Crippen LogP contribution in [0, 0.1) is 0 Å². The third-order valence-electron chi connectivity index (χ3n) is 4.98. The molecule has 1 aromatic carbocycles. The highest BCUT2D eigenvalue weighted by Crippen LogP contribution is 2.22. The Labute approximate surface area is 142 Å². The van der Waals surface area contributed by atoms with Gasteiger partial charge < -0.3 is 14.6 Å². The van der Waals surface area contributed by atoms with Crippen LogP contribution in [0.5, 0.6) is 0 Å². The number of hydrogen-bond acceptors (Lipinski definition) is 3. The fraction of sp³-hybridized carbons (Fsp3) is 0.421. The summed E-state index contributed by atoms with van der Waals surface area (Å²) in [6, 6.07) is 12.2. The summed E-state index contributed by atoms with van der Waals surface area (Å²) < 4.78 is 7.90. The summed E-state index contributed by atoms with van der Waals surface area (Å²) in [6.45, 7) is 3.46. The van der Waals surface area contributed by atoms with Gasteiger partial charge in [-0.3, -0.25) is 9.69 Å². The van der Waals surface area contributed by atoms with Gasteiger partial charge in [-0.25, -0.2) is 0 Å². The SMILES string of the molecule is O=C(NCC1CN2CCCC2CO1)c1ccc(-n2cccc2)cc1. The van der Waals surface area contributed by atoms with Gasteiger partial charge in [-0.2, -0.15) is 0 Å². The molecule has 5 nitrogen and oxygen atoms in total. The summed E-state index contributed by atoms with van der Waals surface area (Å²) in [6.07, 6.45) is 6.58. The Bertz CT molecular complexity index is 681. The first kappa shape index (κ1) is 15.4. The largest absolute Gasteiger partial charge is 0.373 e. The normalized spacial score (nSPS) is 23.8. The minimum absolute atomic E-state index is 0.0406. The Kier molecular flexibility index (Phi) is 4.36. The van der Waals surface area contributed by atoms with Crippen molar-refractivity contribution in [2.45, 2.75) is 25.0 Å². The molecule has 2 aromatic rings. The van der Waals surface area contributed by atoms with Crippen molar-refractivity contribution in [3.63, 3.8) is 0 Å². The summed E-state index contributed by atoms with van der Waals surface area (Å²) in [7, 11) is 0. The fourth-order valence-electron chi connectivity index (χ4n) is 3.61. The summed E-state index contributed by atoms with van der Waals surface area (Å²) in [5, 5.41) is 3.01. The van der Waals surface area contributed by atoms with Gasteiger partial charge in [0.05, 0.1) is 12.7 Å². The van der Waals surface area contributed by atoms with Gasteiger partial charge in [0.25, 0.3) is 5.91 Å². The number of benzene rings is 1. The fourth-order valence-corrected chi connectivity index (χ4v) is 3.61. The van der Waals surface area contributed by atoms with Gasteiger partial charge in [-0.1, -0.05) is 0 Å². The summed E-state index contributed by atoms with van der Waals surface area (Å²) >= 11 is 0. The molecule has 1 aromatic heterocycles. The summed E-state index contributed by atoms with van der Waals surface area (Å²) in [5.74, 6) is -0.0406. The first-order chi connectivity index (χ1) is 11.8. The van der Waals surface area contributed by atoms with Gasteiger partial charge in [-0.15, -0.1) is 0 Å². The lowest BCUT2D eigenvalue weighted by Gasteiger charge is -2.35. The van der Waals surface area contributed by atoms with Crippen molar-refractivity contribution < 1.29 is 9.53 Å². The second kappa shape index (κ2) is 6.79. The maximum atomic E-state index is 12.3. The number of morpholine rings is 1. The van der Waals surface area contributed by atoms with Gasteiger partial charge in [0.15, 0.2) is 0 Å². The van der Waals surface area contributed by atoms with Crippen LogP contribution in [0.25, 0.3) is 5.69 Å². The molecular weight excluding hydrogens is 302 g/mol. The molecule has 4 rings (SSSR count). The van der Waals surface area contributed by atoms with Crippen molar-refractivity contribution >= 4 is 5.91 Å². The van der Waals surface area contributed by atoms with E-state index in [0.29, 0.717) is 18.2 Å². The van der Waals surface area contributed by atoms with Crippen LogP contribution >= 0.6 is 0 Å². The minimum Gasteiger partial charge on any atom is -0.373 e. The molecule has 2 unspecified atom stereocenters. The highest BCUT2D eigenvalue weighted by atomic mass is 16.5. The quantitative estimate of drug-likeness (QED) is 0.936. The first-order valence-electron chi connectivity index (χ1n) is 8.67. The monoisotopic (exact) mass is 325 g/mol. The number of aromatic nitrogens is 1. The molecule has 1 amide bonds. The Hall–Kier alpha value is -2.11. The molecule has 0 bridgehead atoms. The Morgan fingerprint density at radius 3 is 2.79 bits per heavy atom. The van der Waals surface area contributed by atoms with Crippen molar-refractivity contribution in [2.75, 3.05) is 26.2 Å². The molecule has 5 heteroatoms. The van der Waals surface area contributed by atoms with E-state index in [1.165, 1.54) is 19.4 Å². The van der Waals surface area contributed by atoms with Crippen molar-refractivity contribution in [2.24, 2.45) is 0 Å². The van der Waals surface area contributed by atoms with Gasteiger partial charge >= 0.3 is 0 Å². The number of nitrogens with zero attached hydrogens (tertiary/aromatic N) is 2. The Balaban J connectivity index is 1.31. The molecule has 0 saturated carbocycles. The van der Waals surface area contributed by atoms with E-state index in [0.717, 1.165) is 18.8 Å². The van der Waals surface area contributed by atoms with Crippen LogP contribution < -0.4 is 5.32 Å². The predicted molar refractivity (Wildman–Crippen MR) is 92.4 cm³/mol. The number of nitrogens with one attached hydrogen (secondary N) is 1. The molecule has 2 aliphatic heterocycles. The Morgan fingerprint density at radius 2 is 2.00 bits per heavy atom. The zero-order valence-electron chi connectivity index (χ0n) is 13.7. The van der Waals surface area contributed by atoms with Crippen LogP contribution in [0.3, 0.4) is 0 Å². The molecule has 0 aliphatic carbocycles. The van der Waals surface area contributed by atoms with E-state index >= 15 is 0 Å². The van der Waals surface area contributed by atoms with Gasteiger partial charge in [0.1, 0.15) is 0 Å². The molecule has 3 heterocycles. The van der Waals surface area contributed by atoms with Crippen LogP contribution in [0.1, 0.15) is 23.2 Å². The van der Waals surface area contributed by atoms with E-state index in [2.05, 4.69) is 10.2 Å². The molecular formula is C19H23N3O2. The standard InChI is InChI=1S/C19H23N3O2/c23-19(15-5-7-16(8-6-15)21-9-1-2-10-21)20-12-18-13-22-11-3-4-17(22)14-24-18/h1-2,5-10,17-18H,3-4,11-14H2,(H,20,23). The molecule has 24 heavy (non-hydrogen) atoms. The number of amides is 1. The van der Waals surface area contributed by atoms with E-state index in [1.807, 2.05) is 53.4 Å². The second-order valence-corrected chi connectivity index (χ2v) is 6.59. The van der Waals surface area contributed by atoms with Gasteiger partial charge in [0, 0.05) is 42.8 Å². The average molecular weight is 325 g/mol. The average Bonchev–Trinajstić information content (AvgIpc) is 3.31. The highest BCUT2D eigenvalue weighted by molar-refractivity contribution is 5.94. The molecule has 2 atom stereocenters. The number of carbonyl (C=O) groups is 1.